The molecule has 1 aliphatic heterocycles. The van der Waals surface area contributed by atoms with Crippen molar-refractivity contribution in [2.24, 2.45) is 0 Å². The Morgan fingerprint density at radius 1 is 1.19 bits per heavy atom. The van der Waals surface area contributed by atoms with E-state index in [4.69, 9.17) is 9.72 Å². The molecule has 2 aromatic heterocycles. The molecule has 6 nitrogen and oxygen atoms in total. The van der Waals surface area contributed by atoms with Gasteiger partial charge in [0.2, 0.25) is 0 Å². The fourth-order valence-electron chi connectivity index (χ4n) is 5.10. The Hall–Kier alpha value is -4.18. The van der Waals surface area contributed by atoms with Gasteiger partial charge >= 0.3 is 0 Å². The molecular formula is C29H26FN5O. The largest absolute Gasteiger partial charge is 0.488 e. The highest BCUT2D eigenvalue weighted by Crippen LogP contribution is 2.43. The van der Waals surface area contributed by atoms with Crippen LogP contribution in [0.5, 0.6) is 5.75 Å². The topological polar surface area (TPSA) is 66.5 Å². The first-order chi connectivity index (χ1) is 17.4. The predicted molar refractivity (Wildman–Crippen MR) is 137 cm³/mol. The molecule has 2 aliphatic rings. The summed E-state index contributed by atoms with van der Waals surface area (Å²) in [5.74, 6) is 1.45. The van der Waals surface area contributed by atoms with Crippen molar-refractivity contribution in [3.63, 3.8) is 0 Å². The van der Waals surface area contributed by atoms with Crippen molar-refractivity contribution in [1.29, 1.82) is 5.26 Å². The zero-order chi connectivity index (χ0) is 25.0. The molecule has 0 radical (unpaired) electrons. The van der Waals surface area contributed by atoms with Crippen LogP contribution < -0.4 is 9.64 Å². The average molecular weight is 480 g/mol. The van der Waals surface area contributed by atoms with Gasteiger partial charge in [0.1, 0.15) is 18.2 Å². The molecule has 0 spiro atoms. The van der Waals surface area contributed by atoms with E-state index in [2.05, 4.69) is 33.7 Å². The van der Waals surface area contributed by atoms with Crippen molar-refractivity contribution >= 4 is 17.0 Å². The van der Waals surface area contributed by atoms with E-state index in [1.807, 2.05) is 31.4 Å². The van der Waals surface area contributed by atoms with E-state index >= 15 is 0 Å². The monoisotopic (exact) mass is 479 g/mol. The third-order valence-electron chi connectivity index (χ3n) is 6.99. The molecule has 0 N–H and O–H groups in total. The summed E-state index contributed by atoms with van der Waals surface area (Å²) in [6.07, 6.45) is 6.86. The summed E-state index contributed by atoms with van der Waals surface area (Å²) in [6, 6.07) is 13.1. The van der Waals surface area contributed by atoms with Gasteiger partial charge in [0.15, 0.2) is 11.5 Å². The van der Waals surface area contributed by atoms with Gasteiger partial charge in [-0.2, -0.15) is 5.26 Å². The molecule has 2 aromatic carbocycles. The molecule has 0 bridgehead atoms. The lowest BCUT2D eigenvalue weighted by molar-refractivity contribution is 0.305. The van der Waals surface area contributed by atoms with Crippen LogP contribution in [0.1, 0.15) is 59.3 Å². The number of hydrogen-bond acceptors (Lipinski definition) is 5. The second kappa shape index (κ2) is 8.49. The van der Waals surface area contributed by atoms with Crippen molar-refractivity contribution in [1.82, 2.24) is 14.4 Å². The first-order valence-electron chi connectivity index (χ1n) is 12.1. The van der Waals surface area contributed by atoms with Gasteiger partial charge in [-0.3, -0.25) is 4.40 Å². The fraction of sp³-hybridized carbons (Fsp3) is 0.276. The van der Waals surface area contributed by atoms with Gasteiger partial charge in [-0.05, 0) is 48.6 Å². The number of hydrogen-bond donors (Lipinski definition) is 0. The second-order valence-corrected chi connectivity index (χ2v) is 9.77. The minimum Gasteiger partial charge on any atom is -0.488 e. The summed E-state index contributed by atoms with van der Waals surface area (Å²) < 4.78 is 22.2. The standard InChI is InChI=1S/C29H26FN5O/c1-17(15-31)26-22-8-4-18(12-20(22)16-36-25-14-21(30)7-9-23(25)26)13-24-27(19-5-6-19)33-29-28(34(2)3)32-10-11-35(24)29/h4,7-12,14,19H,5-6,13,16H2,1-3H3. The lowest BCUT2D eigenvalue weighted by Crippen LogP contribution is -2.12. The Labute approximate surface area is 209 Å². The van der Waals surface area contributed by atoms with Crippen LogP contribution in [-0.4, -0.2) is 28.5 Å². The van der Waals surface area contributed by atoms with Gasteiger partial charge in [-0.1, -0.05) is 18.2 Å². The van der Waals surface area contributed by atoms with Crippen molar-refractivity contribution in [3.05, 3.63) is 93.8 Å². The van der Waals surface area contributed by atoms with Gasteiger partial charge in [0.05, 0.1) is 17.5 Å². The van der Waals surface area contributed by atoms with E-state index in [1.54, 1.807) is 13.0 Å². The number of nitrogens with zero attached hydrogens (tertiary/aromatic N) is 5. The number of ether oxygens (including phenoxy) is 1. The minimum absolute atomic E-state index is 0.305. The van der Waals surface area contributed by atoms with E-state index in [1.165, 1.54) is 17.8 Å². The molecule has 1 fully saturated rings. The third kappa shape index (κ3) is 3.70. The van der Waals surface area contributed by atoms with Crippen molar-refractivity contribution in [3.8, 4) is 11.8 Å². The summed E-state index contributed by atoms with van der Waals surface area (Å²) in [5.41, 5.74) is 8.38. The van der Waals surface area contributed by atoms with E-state index in [-0.39, 0.29) is 5.82 Å². The molecule has 1 saturated carbocycles. The Bertz CT molecular complexity index is 1590. The highest BCUT2D eigenvalue weighted by molar-refractivity contribution is 5.88. The number of benzene rings is 2. The molecule has 4 aromatic rings. The van der Waals surface area contributed by atoms with Crippen LogP contribution in [0, 0.1) is 17.1 Å². The highest BCUT2D eigenvalue weighted by atomic mass is 19.1. The van der Waals surface area contributed by atoms with E-state index in [0.717, 1.165) is 64.2 Å². The van der Waals surface area contributed by atoms with Crippen LogP contribution in [0.2, 0.25) is 0 Å². The minimum atomic E-state index is -0.360. The lowest BCUT2D eigenvalue weighted by Gasteiger charge is -2.14. The summed E-state index contributed by atoms with van der Waals surface area (Å²) >= 11 is 0. The molecule has 0 atom stereocenters. The molecule has 1 aliphatic carbocycles. The van der Waals surface area contributed by atoms with Crippen LogP contribution in [0.15, 0.2) is 54.4 Å². The Morgan fingerprint density at radius 2 is 2.00 bits per heavy atom. The van der Waals surface area contributed by atoms with Crippen LogP contribution in [0.4, 0.5) is 10.2 Å². The molecule has 0 unspecified atom stereocenters. The van der Waals surface area contributed by atoms with Gasteiger partial charge in [0, 0.05) is 61.6 Å². The quantitative estimate of drug-likeness (QED) is 0.355. The number of nitriles is 1. The van der Waals surface area contributed by atoms with E-state index in [0.29, 0.717) is 23.8 Å². The summed E-state index contributed by atoms with van der Waals surface area (Å²) in [7, 11) is 3.97. The zero-order valence-electron chi connectivity index (χ0n) is 20.5. The number of fused-ring (bicyclic) bond motifs is 3. The van der Waals surface area contributed by atoms with Crippen LogP contribution >= 0.6 is 0 Å². The molecule has 6 rings (SSSR count). The molecule has 7 heteroatoms. The van der Waals surface area contributed by atoms with Crippen molar-refractivity contribution in [2.45, 2.75) is 38.7 Å². The SMILES string of the molecule is CC(C#N)=C1c2ccc(Cc3c(C4CC4)nc4c(N(C)C)nccn34)cc2COc2cc(F)ccc21. The summed E-state index contributed by atoms with van der Waals surface area (Å²) in [4.78, 5) is 11.6. The highest BCUT2D eigenvalue weighted by Gasteiger charge is 2.31. The normalized spacial score (nSPS) is 16.0. The number of aromatic nitrogens is 3. The molecule has 0 amide bonds. The maximum atomic E-state index is 14.0. The molecule has 0 saturated heterocycles. The molecular weight excluding hydrogens is 453 g/mol. The second-order valence-electron chi connectivity index (χ2n) is 9.77. The lowest BCUT2D eigenvalue weighted by atomic mass is 9.89. The summed E-state index contributed by atoms with van der Waals surface area (Å²) in [5, 5.41) is 9.72. The first kappa shape index (κ1) is 22.3. The fourth-order valence-corrected chi connectivity index (χ4v) is 5.10. The summed E-state index contributed by atoms with van der Waals surface area (Å²) in [6.45, 7) is 2.10. The van der Waals surface area contributed by atoms with Crippen molar-refractivity contribution in [2.75, 3.05) is 19.0 Å². The predicted octanol–water partition coefficient (Wildman–Crippen LogP) is 5.64. The number of rotatable bonds is 4. The third-order valence-corrected chi connectivity index (χ3v) is 6.99. The van der Waals surface area contributed by atoms with Gasteiger partial charge in [0.25, 0.3) is 0 Å². The molecule has 3 heterocycles. The smallest absolute Gasteiger partial charge is 0.180 e. The maximum absolute atomic E-state index is 14.0. The van der Waals surface area contributed by atoms with Gasteiger partial charge in [-0.15, -0.1) is 0 Å². The average Bonchev–Trinajstić information content (AvgIpc) is 3.67. The van der Waals surface area contributed by atoms with Crippen LogP contribution in [0.25, 0.3) is 11.2 Å². The first-order valence-corrected chi connectivity index (χ1v) is 12.1. The van der Waals surface area contributed by atoms with Gasteiger partial charge in [-0.25, -0.2) is 14.4 Å². The van der Waals surface area contributed by atoms with Crippen LogP contribution in [-0.2, 0) is 13.0 Å². The Kier molecular flexibility index (Phi) is 5.26. The number of halogens is 1. The van der Waals surface area contributed by atoms with E-state index < -0.39 is 0 Å². The Balaban J connectivity index is 1.45. The Morgan fingerprint density at radius 3 is 2.75 bits per heavy atom. The van der Waals surface area contributed by atoms with E-state index in [9.17, 15) is 9.65 Å². The van der Waals surface area contributed by atoms with Crippen molar-refractivity contribution < 1.29 is 9.13 Å². The van der Waals surface area contributed by atoms with Gasteiger partial charge < -0.3 is 9.64 Å². The molecule has 180 valence electrons. The number of allylic oxidation sites excluding steroid dienone is 1. The molecule has 36 heavy (non-hydrogen) atoms. The van der Waals surface area contributed by atoms with Crippen LogP contribution in [0.3, 0.4) is 0 Å². The number of anilines is 1. The zero-order valence-corrected chi connectivity index (χ0v) is 20.5. The maximum Gasteiger partial charge on any atom is 0.180 e. The number of imidazole rings is 1.